The molecule has 1 aromatic carbocycles. The van der Waals surface area contributed by atoms with Crippen molar-refractivity contribution in [2.45, 2.75) is 12.3 Å². The standard InChI is InChI=1S/C14H19N3O/c18-14-16-6-8-17(14)7-5-15-10-12-9-11-3-1-2-4-13(11)12/h1-4,12,15H,5-10H2,(H,16,18). The van der Waals surface area contributed by atoms with Gasteiger partial charge in [0.25, 0.3) is 0 Å². The molecule has 18 heavy (non-hydrogen) atoms. The summed E-state index contributed by atoms with van der Waals surface area (Å²) in [6, 6.07) is 8.72. The summed E-state index contributed by atoms with van der Waals surface area (Å²) in [5, 5.41) is 6.27. The molecular weight excluding hydrogens is 226 g/mol. The van der Waals surface area contributed by atoms with Gasteiger partial charge in [-0.05, 0) is 17.5 Å². The van der Waals surface area contributed by atoms with Crippen molar-refractivity contribution in [3.8, 4) is 0 Å². The largest absolute Gasteiger partial charge is 0.336 e. The Morgan fingerprint density at radius 3 is 3.06 bits per heavy atom. The zero-order valence-corrected chi connectivity index (χ0v) is 10.5. The predicted octanol–water partition coefficient (Wildman–Crippen LogP) is 0.941. The van der Waals surface area contributed by atoms with Crippen LogP contribution in [0.2, 0.25) is 0 Å². The number of carbonyl (C=O) groups excluding carboxylic acids is 1. The smallest absolute Gasteiger partial charge is 0.317 e. The van der Waals surface area contributed by atoms with Crippen molar-refractivity contribution < 1.29 is 4.79 Å². The number of amides is 2. The van der Waals surface area contributed by atoms with E-state index in [-0.39, 0.29) is 6.03 Å². The maximum Gasteiger partial charge on any atom is 0.317 e. The Morgan fingerprint density at radius 1 is 1.39 bits per heavy atom. The lowest BCUT2D eigenvalue weighted by Gasteiger charge is -2.30. The SMILES string of the molecule is O=C1NCCN1CCNCC1Cc2ccccc21. The molecule has 1 heterocycles. The number of fused-ring (bicyclic) bond motifs is 1. The van der Waals surface area contributed by atoms with Gasteiger partial charge in [0.2, 0.25) is 0 Å². The van der Waals surface area contributed by atoms with E-state index < -0.39 is 0 Å². The van der Waals surface area contributed by atoms with E-state index in [4.69, 9.17) is 0 Å². The summed E-state index contributed by atoms with van der Waals surface area (Å²) in [6.07, 6.45) is 1.19. The van der Waals surface area contributed by atoms with Crippen molar-refractivity contribution in [1.29, 1.82) is 0 Å². The van der Waals surface area contributed by atoms with Gasteiger partial charge in [-0.15, -0.1) is 0 Å². The van der Waals surface area contributed by atoms with Gasteiger partial charge in [0, 0.05) is 38.6 Å². The highest BCUT2D eigenvalue weighted by Gasteiger charge is 2.25. The minimum absolute atomic E-state index is 0.0748. The number of benzene rings is 1. The Balaban J connectivity index is 1.38. The van der Waals surface area contributed by atoms with Gasteiger partial charge in [-0.3, -0.25) is 0 Å². The van der Waals surface area contributed by atoms with Crippen LogP contribution in [0, 0.1) is 0 Å². The monoisotopic (exact) mass is 245 g/mol. The van der Waals surface area contributed by atoms with Crippen LogP contribution in [0.1, 0.15) is 17.0 Å². The molecule has 1 aromatic rings. The average molecular weight is 245 g/mol. The van der Waals surface area contributed by atoms with Gasteiger partial charge >= 0.3 is 6.03 Å². The van der Waals surface area contributed by atoms with Crippen LogP contribution >= 0.6 is 0 Å². The normalized spacial score (nSPS) is 21.4. The van der Waals surface area contributed by atoms with Gasteiger partial charge in [0.15, 0.2) is 0 Å². The number of rotatable bonds is 5. The van der Waals surface area contributed by atoms with Crippen LogP contribution in [-0.4, -0.2) is 43.7 Å². The van der Waals surface area contributed by atoms with Crippen LogP contribution in [0.3, 0.4) is 0 Å². The highest BCUT2D eigenvalue weighted by atomic mass is 16.2. The molecule has 96 valence electrons. The molecule has 0 radical (unpaired) electrons. The van der Waals surface area contributed by atoms with Gasteiger partial charge in [-0.2, -0.15) is 0 Å². The average Bonchev–Trinajstić information content (AvgIpc) is 2.75. The third-order valence-corrected chi connectivity index (χ3v) is 3.86. The first-order valence-corrected chi connectivity index (χ1v) is 6.66. The molecule has 1 fully saturated rings. The Labute approximate surface area is 107 Å². The van der Waals surface area contributed by atoms with E-state index in [1.807, 2.05) is 4.90 Å². The summed E-state index contributed by atoms with van der Waals surface area (Å²) in [6.45, 7) is 4.33. The molecule has 3 rings (SSSR count). The number of nitrogens with one attached hydrogen (secondary N) is 2. The van der Waals surface area contributed by atoms with E-state index in [9.17, 15) is 4.79 Å². The van der Waals surface area contributed by atoms with Crippen molar-refractivity contribution in [2.24, 2.45) is 0 Å². The molecule has 1 atom stereocenters. The molecule has 4 heteroatoms. The molecule has 1 aliphatic heterocycles. The van der Waals surface area contributed by atoms with Gasteiger partial charge in [0.1, 0.15) is 0 Å². The zero-order chi connectivity index (χ0) is 12.4. The third-order valence-electron chi connectivity index (χ3n) is 3.86. The molecule has 2 amide bonds. The second kappa shape index (κ2) is 4.98. The number of hydrogen-bond acceptors (Lipinski definition) is 2. The summed E-state index contributed by atoms with van der Waals surface area (Å²) in [7, 11) is 0. The fraction of sp³-hybridized carbons (Fsp3) is 0.500. The molecule has 0 aromatic heterocycles. The molecule has 1 unspecified atom stereocenters. The molecule has 2 aliphatic rings. The summed E-state index contributed by atoms with van der Waals surface area (Å²) in [5.41, 5.74) is 2.98. The lowest BCUT2D eigenvalue weighted by molar-refractivity contribution is 0.217. The molecule has 0 spiro atoms. The van der Waals surface area contributed by atoms with E-state index in [0.29, 0.717) is 5.92 Å². The van der Waals surface area contributed by atoms with E-state index in [0.717, 1.165) is 32.7 Å². The Morgan fingerprint density at radius 2 is 2.28 bits per heavy atom. The highest BCUT2D eigenvalue weighted by molar-refractivity contribution is 5.76. The topological polar surface area (TPSA) is 44.4 Å². The van der Waals surface area contributed by atoms with Gasteiger partial charge in [0.05, 0.1) is 0 Å². The Bertz CT molecular complexity index is 446. The highest BCUT2D eigenvalue weighted by Crippen LogP contribution is 2.33. The Hall–Kier alpha value is -1.55. The fourth-order valence-corrected chi connectivity index (χ4v) is 2.76. The minimum atomic E-state index is 0.0748. The van der Waals surface area contributed by atoms with Crippen LogP contribution in [0.15, 0.2) is 24.3 Å². The zero-order valence-electron chi connectivity index (χ0n) is 10.5. The van der Waals surface area contributed by atoms with Crippen molar-refractivity contribution in [3.05, 3.63) is 35.4 Å². The predicted molar refractivity (Wildman–Crippen MR) is 70.7 cm³/mol. The van der Waals surface area contributed by atoms with E-state index in [1.165, 1.54) is 17.5 Å². The van der Waals surface area contributed by atoms with E-state index in [1.54, 1.807) is 0 Å². The number of nitrogens with zero attached hydrogens (tertiary/aromatic N) is 1. The molecule has 1 saturated heterocycles. The van der Waals surface area contributed by atoms with Crippen LogP contribution < -0.4 is 10.6 Å². The first kappa shape index (κ1) is 11.5. The van der Waals surface area contributed by atoms with Crippen molar-refractivity contribution in [3.63, 3.8) is 0 Å². The third kappa shape index (κ3) is 2.20. The first-order valence-electron chi connectivity index (χ1n) is 6.66. The Kier molecular flexibility index (Phi) is 3.19. The second-order valence-electron chi connectivity index (χ2n) is 5.02. The number of hydrogen-bond donors (Lipinski definition) is 2. The first-order chi connectivity index (χ1) is 8.84. The van der Waals surface area contributed by atoms with Crippen LogP contribution in [0.4, 0.5) is 4.79 Å². The maximum absolute atomic E-state index is 11.3. The summed E-state index contributed by atoms with van der Waals surface area (Å²) in [4.78, 5) is 13.2. The molecule has 2 N–H and O–H groups in total. The minimum Gasteiger partial charge on any atom is -0.336 e. The second-order valence-corrected chi connectivity index (χ2v) is 5.02. The van der Waals surface area contributed by atoms with Crippen molar-refractivity contribution >= 4 is 6.03 Å². The van der Waals surface area contributed by atoms with Crippen molar-refractivity contribution in [2.75, 3.05) is 32.7 Å². The number of urea groups is 1. The van der Waals surface area contributed by atoms with E-state index >= 15 is 0 Å². The van der Waals surface area contributed by atoms with Gasteiger partial charge in [-0.25, -0.2) is 4.79 Å². The lowest BCUT2D eigenvalue weighted by Crippen LogP contribution is -2.37. The molecule has 4 nitrogen and oxygen atoms in total. The summed E-state index contributed by atoms with van der Waals surface area (Å²) >= 11 is 0. The summed E-state index contributed by atoms with van der Waals surface area (Å²) < 4.78 is 0. The quantitative estimate of drug-likeness (QED) is 0.758. The van der Waals surface area contributed by atoms with Crippen LogP contribution in [0.25, 0.3) is 0 Å². The maximum atomic E-state index is 11.3. The van der Waals surface area contributed by atoms with Crippen LogP contribution in [-0.2, 0) is 6.42 Å². The number of carbonyl (C=O) groups is 1. The van der Waals surface area contributed by atoms with Crippen LogP contribution in [0.5, 0.6) is 0 Å². The van der Waals surface area contributed by atoms with Gasteiger partial charge < -0.3 is 15.5 Å². The fourth-order valence-electron chi connectivity index (χ4n) is 2.76. The molecule has 0 bridgehead atoms. The van der Waals surface area contributed by atoms with Crippen molar-refractivity contribution in [1.82, 2.24) is 15.5 Å². The molecule has 0 saturated carbocycles. The van der Waals surface area contributed by atoms with E-state index in [2.05, 4.69) is 34.9 Å². The van der Waals surface area contributed by atoms with Gasteiger partial charge in [-0.1, -0.05) is 24.3 Å². The molecule has 1 aliphatic carbocycles. The summed E-state index contributed by atoms with van der Waals surface area (Å²) in [5.74, 6) is 0.661. The lowest BCUT2D eigenvalue weighted by atomic mass is 9.78. The molecular formula is C14H19N3O.